The fraction of sp³-hybridized carbons (Fsp3) is 0.533. The second kappa shape index (κ2) is 7.00. The summed E-state index contributed by atoms with van der Waals surface area (Å²) in [6, 6.07) is 6.08. The number of aryl methyl sites for hydroxylation is 1. The molecule has 1 aliphatic rings. The van der Waals surface area contributed by atoms with E-state index in [0.717, 1.165) is 19.5 Å². The van der Waals surface area contributed by atoms with Crippen LogP contribution in [0.15, 0.2) is 24.3 Å². The van der Waals surface area contributed by atoms with Gasteiger partial charge in [-0.15, -0.1) is 13.2 Å². The number of rotatable bonds is 5. The van der Waals surface area contributed by atoms with Crippen molar-refractivity contribution in [3.63, 3.8) is 0 Å². The Labute approximate surface area is 127 Å². The summed E-state index contributed by atoms with van der Waals surface area (Å²) in [6.45, 7) is 1.64. The first kappa shape index (κ1) is 16.6. The predicted octanol–water partition coefficient (Wildman–Crippen LogP) is 2.34. The van der Waals surface area contributed by atoms with Gasteiger partial charge in [-0.05, 0) is 31.0 Å². The number of nitrogens with one attached hydrogen (secondary N) is 1. The molecule has 0 radical (unpaired) electrons. The average molecular weight is 316 g/mol. The minimum Gasteiger partial charge on any atom is -0.406 e. The molecule has 1 atom stereocenters. The first-order chi connectivity index (χ1) is 10.4. The van der Waals surface area contributed by atoms with Gasteiger partial charge >= 0.3 is 6.36 Å². The quantitative estimate of drug-likeness (QED) is 0.906. The standard InChI is InChI=1S/C15H19F3N2O2/c1-20(12-8-9-19-10-12)14(21)7-6-11-4-2-3-5-13(11)22-15(16,17)18/h2-5,12,19H,6-10H2,1H3/t12-/m0/s1. The van der Waals surface area contributed by atoms with Crippen molar-refractivity contribution >= 4 is 5.91 Å². The molecule has 1 aromatic rings. The minimum absolute atomic E-state index is 0.0736. The van der Waals surface area contributed by atoms with Gasteiger partial charge in [0, 0.05) is 26.1 Å². The van der Waals surface area contributed by atoms with Crippen molar-refractivity contribution in [2.24, 2.45) is 0 Å². The molecule has 0 aliphatic carbocycles. The summed E-state index contributed by atoms with van der Waals surface area (Å²) >= 11 is 0. The van der Waals surface area contributed by atoms with E-state index in [1.165, 1.54) is 12.1 Å². The molecule has 1 fully saturated rings. The zero-order chi connectivity index (χ0) is 16.2. The molecule has 22 heavy (non-hydrogen) atoms. The van der Waals surface area contributed by atoms with Gasteiger partial charge in [0.05, 0.1) is 0 Å². The smallest absolute Gasteiger partial charge is 0.406 e. The number of para-hydroxylation sites is 1. The molecule has 0 spiro atoms. The van der Waals surface area contributed by atoms with Crippen LogP contribution in [0.25, 0.3) is 0 Å². The van der Waals surface area contributed by atoms with Crippen LogP contribution in [0.4, 0.5) is 13.2 Å². The zero-order valence-electron chi connectivity index (χ0n) is 12.3. The second-order valence-corrected chi connectivity index (χ2v) is 5.31. The van der Waals surface area contributed by atoms with Crippen LogP contribution in [0.1, 0.15) is 18.4 Å². The average Bonchev–Trinajstić information content (AvgIpc) is 2.97. The summed E-state index contributed by atoms with van der Waals surface area (Å²) in [6.07, 6.45) is -3.46. The van der Waals surface area contributed by atoms with E-state index >= 15 is 0 Å². The molecule has 122 valence electrons. The number of carbonyl (C=O) groups excluding carboxylic acids is 1. The van der Waals surface area contributed by atoms with Gasteiger partial charge in [0.15, 0.2) is 0 Å². The van der Waals surface area contributed by atoms with Gasteiger partial charge in [-0.1, -0.05) is 18.2 Å². The maximum atomic E-state index is 12.3. The Hall–Kier alpha value is -1.76. The molecule has 0 bridgehead atoms. The molecule has 2 rings (SSSR count). The van der Waals surface area contributed by atoms with Crippen LogP contribution in [-0.4, -0.2) is 43.3 Å². The Kier molecular flexibility index (Phi) is 5.28. The number of hydrogen-bond donors (Lipinski definition) is 1. The van der Waals surface area contributed by atoms with Gasteiger partial charge in [-0.2, -0.15) is 0 Å². The Balaban J connectivity index is 1.94. The van der Waals surface area contributed by atoms with Crippen molar-refractivity contribution in [1.29, 1.82) is 0 Å². The van der Waals surface area contributed by atoms with Crippen LogP contribution in [0.2, 0.25) is 0 Å². The van der Waals surface area contributed by atoms with Crippen LogP contribution >= 0.6 is 0 Å². The third-order valence-corrected chi connectivity index (χ3v) is 3.78. The topological polar surface area (TPSA) is 41.6 Å². The van der Waals surface area contributed by atoms with E-state index in [1.807, 2.05) is 0 Å². The van der Waals surface area contributed by atoms with Crippen molar-refractivity contribution in [1.82, 2.24) is 10.2 Å². The van der Waals surface area contributed by atoms with Gasteiger partial charge in [0.25, 0.3) is 0 Å². The lowest BCUT2D eigenvalue weighted by Gasteiger charge is -2.24. The van der Waals surface area contributed by atoms with Crippen LogP contribution in [0, 0.1) is 0 Å². The van der Waals surface area contributed by atoms with Gasteiger partial charge in [0.1, 0.15) is 5.75 Å². The highest BCUT2D eigenvalue weighted by Crippen LogP contribution is 2.27. The Morgan fingerprint density at radius 3 is 2.77 bits per heavy atom. The predicted molar refractivity (Wildman–Crippen MR) is 75.5 cm³/mol. The molecule has 4 nitrogen and oxygen atoms in total. The van der Waals surface area contributed by atoms with Crippen LogP contribution in [0.3, 0.4) is 0 Å². The number of carbonyl (C=O) groups is 1. The summed E-state index contributed by atoms with van der Waals surface area (Å²) in [5, 5.41) is 3.18. The summed E-state index contributed by atoms with van der Waals surface area (Å²) in [5.74, 6) is -0.316. The number of amides is 1. The molecule has 1 aromatic carbocycles. The number of hydrogen-bond acceptors (Lipinski definition) is 3. The van der Waals surface area contributed by atoms with Gasteiger partial charge in [0.2, 0.25) is 5.91 Å². The molecule has 1 N–H and O–H groups in total. The number of nitrogens with zero attached hydrogens (tertiary/aromatic N) is 1. The van der Waals surface area contributed by atoms with Crippen LogP contribution < -0.4 is 10.1 Å². The van der Waals surface area contributed by atoms with E-state index in [-0.39, 0.29) is 30.5 Å². The molecule has 1 heterocycles. The normalized spacial score (nSPS) is 18.3. The maximum absolute atomic E-state index is 12.3. The van der Waals surface area contributed by atoms with E-state index in [2.05, 4.69) is 10.1 Å². The van der Waals surface area contributed by atoms with E-state index in [0.29, 0.717) is 5.56 Å². The van der Waals surface area contributed by atoms with Gasteiger partial charge in [-0.3, -0.25) is 4.79 Å². The van der Waals surface area contributed by atoms with Crippen molar-refractivity contribution in [2.45, 2.75) is 31.7 Å². The molecule has 1 amide bonds. The molecule has 7 heteroatoms. The van der Waals surface area contributed by atoms with Crippen molar-refractivity contribution in [3.05, 3.63) is 29.8 Å². The highest BCUT2D eigenvalue weighted by molar-refractivity contribution is 5.76. The Morgan fingerprint density at radius 1 is 1.41 bits per heavy atom. The largest absolute Gasteiger partial charge is 0.573 e. The number of alkyl halides is 3. The molecule has 0 aromatic heterocycles. The first-order valence-electron chi connectivity index (χ1n) is 7.17. The molecule has 1 saturated heterocycles. The number of ether oxygens (including phenoxy) is 1. The zero-order valence-corrected chi connectivity index (χ0v) is 12.3. The van der Waals surface area contributed by atoms with E-state index < -0.39 is 6.36 Å². The molecule has 1 aliphatic heterocycles. The van der Waals surface area contributed by atoms with Gasteiger partial charge in [-0.25, -0.2) is 0 Å². The minimum atomic E-state index is -4.73. The SMILES string of the molecule is CN(C(=O)CCc1ccccc1OC(F)(F)F)[C@H]1CCNC1. The van der Waals surface area contributed by atoms with E-state index in [4.69, 9.17) is 0 Å². The highest BCUT2D eigenvalue weighted by Gasteiger charge is 2.32. The van der Waals surface area contributed by atoms with E-state index in [1.54, 1.807) is 24.1 Å². The molecule has 0 saturated carbocycles. The maximum Gasteiger partial charge on any atom is 0.573 e. The van der Waals surface area contributed by atoms with E-state index in [9.17, 15) is 18.0 Å². The van der Waals surface area contributed by atoms with Crippen LogP contribution in [-0.2, 0) is 11.2 Å². The van der Waals surface area contributed by atoms with Crippen molar-refractivity contribution < 1.29 is 22.7 Å². The highest BCUT2D eigenvalue weighted by atomic mass is 19.4. The summed E-state index contributed by atoms with van der Waals surface area (Å²) < 4.78 is 41.0. The van der Waals surface area contributed by atoms with Crippen molar-refractivity contribution in [2.75, 3.05) is 20.1 Å². The number of halogens is 3. The van der Waals surface area contributed by atoms with Crippen LogP contribution in [0.5, 0.6) is 5.75 Å². The number of benzene rings is 1. The monoisotopic (exact) mass is 316 g/mol. The fourth-order valence-electron chi connectivity index (χ4n) is 2.53. The third kappa shape index (κ3) is 4.62. The molecular weight excluding hydrogens is 297 g/mol. The lowest BCUT2D eigenvalue weighted by atomic mass is 10.1. The lowest BCUT2D eigenvalue weighted by molar-refractivity contribution is -0.274. The number of likely N-dealkylation sites (N-methyl/N-ethyl adjacent to an activating group) is 1. The first-order valence-corrected chi connectivity index (χ1v) is 7.17. The van der Waals surface area contributed by atoms with Gasteiger partial charge < -0.3 is 15.0 Å². The third-order valence-electron chi connectivity index (χ3n) is 3.78. The summed E-state index contributed by atoms with van der Waals surface area (Å²) in [5.41, 5.74) is 0.381. The summed E-state index contributed by atoms with van der Waals surface area (Å²) in [4.78, 5) is 13.8. The van der Waals surface area contributed by atoms with Crippen molar-refractivity contribution in [3.8, 4) is 5.75 Å². The second-order valence-electron chi connectivity index (χ2n) is 5.31. The lowest BCUT2D eigenvalue weighted by Crippen LogP contribution is -2.38. The molecular formula is C15H19F3N2O2. The Bertz CT molecular complexity index is 514. The molecule has 0 unspecified atom stereocenters. The fourth-order valence-corrected chi connectivity index (χ4v) is 2.53. The Morgan fingerprint density at radius 2 is 2.14 bits per heavy atom. The summed E-state index contributed by atoms with van der Waals surface area (Å²) in [7, 11) is 1.73.